The van der Waals surface area contributed by atoms with Gasteiger partial charge in [0.05, 0.1) is 16.6 Å². The number of fused-ring (bicyclic) bond motifs is 1. The molecule has 0 spiro atoms. The lowest BCUT2D eigenvalue weighted by Gasteiger charge is -2.31. The number of nitrogens with one attached hydrogen (secondary N) is 1. The Balaban J connectivity index is 1.49. The summed E-state index contributed by atoms with van der Waals surface area (Å²) in [5.41, 5.74) is 2.86. The zero-order valence-electron chi connectivity index (χ0n) is 13.5. The predicted octanol–water partition coefficient (Wildman–Crippen LogP) is 2.62. The summed E-state index contributed by atoms with van der Waals surface area (Å²) in [5, 5.41) is 9.05. The molecule has 0 aliphatic carbocycles. The van der Waals surface area contributed by atoms with E-state index in [-0.39, 0.29) is 6.61 Å². The second kappa shape index (κ2) is 6.57. The van der Waals surface area contributed by atoms with Crippen molar-refractivity contribution in [2.24, 2.45) is 5.92 Å². The number of para-hydroxylation sites is 2. The van der Waals surface area contributed by atoms with Crippen molar-refractivity contribution in [3.05, 3.63) is 36.7 Å². The van der Waals surface area contributed by atoms with Gasteiger partial charge >= 0.3 is 0 Å². The Labute approximate surface area is 140 Å². The molecule has 0 atom stereocenters. The Morgan fingerprint density at radius 2 is 1.88 bits per heavy atom. The number of piperidine rings is 1. The highest BCUT2D eigenvalue weighted by molar-refractivity contribution is 5.78. The van der Waals surface area contributed by atoms with Gasteiger partial charge in [0.15, 0.2) is 0 Å². The number of aliphatic hydroxyl groups excluding tert-OH is 1. The Hall–Kier alpha value is -2.47. The molecular formula is C18H21N5O. The summed E-state index contributed by atoms with van der Waals surface area (Å²) in [5.74, 6) is 2.20. The number of hydrogen-bond acceptors (Lipinski definition) is 5. The summed E-state index contributed by atoms with van der Waals surface area (Å²) >= 11 is 0. The van der Waals surface area contributed by atoms with Crippen LogP contribution >= 0.6 is 0 Å². The summed E-state index contributed by atoms with van der Waals surface area (Å²) < 4.78 is 0. The van der Waals surface area contributed by atoms with Crippen LogP contribution in [0.2, 0.25) is 0 Å². The topological polar surface area (TPSA) is 77.9 Å². The lowest BCUT2D eigenvalue weighted by molar-refractivity contribution is 0.240. The highest BCUT2D eigenvalue weighted by Crippen LogP contribution is 2.24. The summed E-state index contributed by atoms with van der Waals surface area (Å²) in [6, 6.07) is 7.97. The first-order valence-corrected chi connectivity index (χ1v) is 8.46. The third kappa shape index (κ3) is 2.97. The van der Waals surface area contributed by atoms with Crippen molar-refractivity contribution in [2.45, 2.75) is 19.3 Å². The monoisotopic (exact) mass is 323 g/mol. The van der Waals surface area contributed by atoms with Gasteiger partial charge in [0.1, 0.15) is 5.82 Å². The Morgan fingerprint density at radius 1 is 1.12 bits per heavy atom. The second-order valence-corrected chi connectivity index (χ2v) is 6.32. The summed E-state index contributed by atoms with van der Waals surface area (Å²) in [6.45, 7) is 2.19. The molecular weight excluding hydrogens is 302 g/mol. The summed E-state index contributed by atoms with van der Waals surface area (Å²) in [7, 11) is 0. The summed E-state index contributed by atoms with van der Waals surface area (Å²) in [6.07, 6.45) is 6.75. The lowest BCUT2D eigenvalue weighted by Crippen LogP contribution is -2.35. The molecule has 0 bridgehead atoms. The number of anilines is 1. The van der Waals surface area contributed by atoms with Crippen LogP contribution < -0.4 is 4.90 Å². The fourth-order valence-corrected chi connectivity index (χ4v) is 3.30. The van der Waals surface area contributed by atoms with E-state index in [0.29, 0.717) is 5.92 Å². The molecule has 0 unspecified atom stereocenters. The molecule has 1 fully saturated rings. The standard InChI is InChI=1S/C18H21N5O/c24-10-7-13-5-8-23(9-6-13)18-19-11-14(12-20-18)17-21-15-3-1-2-4-16(15)22-17/h1-4,11-13,24H,5-10H2,(H,21,22). The summed E-state index contributed by atoms with van der Waals surface area (Å²) in [4.78, 5) is 19.2. The molecule has 6 nitrogen and oxygen atoms in total. The van der Waals surface area contributed by atoms with Crippen molar-refractivity contribution in [1.29, 1.82) is 0 Å². The minimum Gasteiger partial charge on any atom is -0.396 e. The maximum atomic E-state index is 9.05. The first-order chi connectivity index (χ1) is 11.8. The van der Waals surface area contributed by atoms with Crippen molar-refractivity contribution in [3.8, 4) is 11.4 Å². The number of H-pyrrole nitrogens is 1. The number of benzene rings is 1. The van der Waals surface area contributed by atoms with Gasteiger partial charge in [-0.25, -0.2) is 15.0 Å². The quantitative estimate of drug-likeness (QED) is 0.772. The average molecular weight is 323 g/mol. The second-order valence-electron chi connectivity index (χ2n) is 6.32. The minimum atomic E-state index is 0.285. The SMILES string of the molecule is OCCC1CCN(c2ncc(-c3nc4ccccc4[nH]3)cn2)CC1. The molecule has 0 amide bonds. The van der Waals surface area contributed by atoms with Crippen LogP contribution in [0, 0.1) is 5.92 Å². The third-order valence-electron chi connectivity index (χ3n) is 4.74. The van der Waals surface area contributed by atoms with Gasteiger partial charge in [0.25, 0.3) is 0 Å². The van der Waals surface area contributed by atoms with E-state index in [2.05, 4.69) is 24.8 Å². The number of imidazole rings is 1. The number of hydrogen-bond donors (Lipinski definition) is 2. The molecule has 124 valence electrons. The molecule has 3 heterocycles. The van der Waals surface area contributed by atoms with E-state index >= 15 is 0 Å². The van der Waals surface area contributed by atoms with Crippen LogP contribution in [0.15, 0.2) is 36.7 Å². The average Bonchev–Trinajstić information content (AvgIpc) is 3.07. The van der Waals surface area contributed by atoms with Gasteiger partial charge in [-0.15, -0.1) is 0 Å². The van der Waals surface area contributed by atoms with Gasteiger partial charge in [-0.1, -0.05) is 12.1 Å². The molecule has 2 aromatic heterocycles. The van der Waals surface area contributed by atoms with Crippen molar-refractivity contribution in [3.63, 3.8) is 0 Å². The van der Waals surface area contributed by atoms with Crippen LogP contribution in [0.4, 0.5) is 5.95 Å². The van der Waals surface area contributed by atoms with E-state index in [0.717, 1.165) is 60.7 Å². The smallest absolute Gasteiger partial charge is 0.225 e. The van der Waals surface area contributed by atoms with Crippen LogP contribution in [0.5, 0.6) is 0 Å². The normalized spacial score (nSPS) is 16.0. The largest absolute Gasteiger partial charge is 0.396 e. The van der Waals surface area contributed by atoms with Gasteiger partial charge in [0, 0.05) is 32.1 Å². The zero-order chi connectivity index (χ0) is 16.4. The lowest BCUT2D eigenvalue weighted by atomic mass is 9.94. The highest BCUT2D eigenvalue weighted by atomic mass is 16.3. The van der Waals surface area contributed by atoms with Gasteiger partial charge in [-0.3, -0.25) is 0 Å². The minimum absolute atomic E-state index is 0.285. The van der Waals surface area contributed by atoms with E-state index in [9.17, 15) is 0 Å². The first-order valence-electron chi connectivity index (χ1n) is 8.46. The van der Waals surface area contributed by atoms with Crippen molar-refractivity contribution in [2.75, 3.05) is 24.6 Å². The fourth-order valence-electron chi connectivity index (χ4n) is 3.30. The molecule has 0 saturated carbocycles. The van der Waals surface area contributed by atoms with Crippen LogP contribution in [0.1, 0.15) is 19.3 Å². The molecule has 1 saturated heterocycles. The molecule has 0 radical (unpaired) electrons. The van der Waals surface area contributed by atoms with Gasteiger partial charge in [-0.2, -0.15) is 0 Å². The van der Waals surface area contributed by atoms with E-state index < -0.39 is 0 Å². The van der Waals surface area contributed by atoms with E-state index in [1.165, 1.54) is 0 Å². The van der Waals surface area contributed by atoms with E-state index in [1.54, 1.807) is 0 Å². The number of aliphatic hydroxyl groups is 1. The molecule has 24 heavy (non-hydrogen) atoms. The van der Waals surface area contributed by atoms with Crippen LogP contribution in [0.3, 0.4) is 0 Å². The molecule has 3 aromatic rings. The predicted molar refractivity (Wildman–Crippen MR) is 93.8 cm³/mol. The molecule has 1 aliphatic heterocycles. The molecule has 4 rings (SSSR count). The van der Waals surface area contributed by atoms with Crippen LogP contribution in [0.25, 0.3) is 22.4 Å². The third-order valence-corrected chi connectivity index (χ3v) is 4.74. The highest BCUT2D eigenvalue weighted by Gasteiger charge is 2.20. The number of nitrogens with zero attached hydrogens (tertiary/aromatic N) is 4. The van der Waals surface area contributed by atoms with Gasteiger partial charge in [0.2, 0.25) is 5.95 Å². The van der Waals surface area contributed by atoms with Crippen molar-refractivity contribution >= 4 is 17.0 Å². The zero-order valence-corrected chi connectivity index (χ0v) is 13.5. The number of aromatic amines is 1. The first kappa shape index (κ1) is 15.1. The van der Waals surface area contributed by atoms with E-state index in [1.807, 2.05) is 36.7 Å². The number of aromatic nitrogens is 4. The maximum Gasteiger partial charge on any atom is 0.225 e. The van der Waals surface area contributed by atoms with Crippen molar-refractivity contribution < 1.29 is 5.11 Å². The maximum absolute atomic E-state index is 9.05. The Morgan fingerprint density at radius 3 is 2.58 bits per heavy atom. The Kier molecular flexibility index (Phi) is 4.13. The Bertz CT molecular complexity index is 773. The van der Waals surface area contributed by atoms with E-state index in [4.69, 9.17) is 5.11 Å². The fraction of sp³-hybridized carbons (Fsp3) is 0.389. The number of rotatable bonds is 4. The van der Waals surface area contributed by atoms with Crippen LogP contribution in [-0.4, -0.2) is 44.7 Å². The van der Waals surface area contributed by atoms with Gasteiger partial charge < -0.3 is 15.0 Å². The van der Waals surface area contributed by atoms with Crippen molar-refractivity contribution in [1.82, 2.24) is 19.9 Å². The molecule has 1 aliphatic rings. The molecule has 2 N–H and O–H groups in total. The molecule has 1 aromatic carbocycles. The van der Waals surface area contributed by atoms with Crippen LogP contribution in [-0.2, 0) is 0 Å². The molecule has 6 heteroatoms. The van der Waals surface area contributed by atoms with Gasteiger partial charge in [-0.05, 0) is 37.3 Å².